The quantitative estimate of drug-likeness (QED) is 0.634. The molecular formula is C10H13FN2. The van der Waals surface area contributed by atoms with Gasteiger partial charge >= 0.3 is 0 Å². The Hall–Kier alpha value is -0.930. The Kier molecular flexibility index (Phi) is 2.06. The molecule has 1 aliphatic rings. The molecule has 0 fully saturated rings. The van der Waals surface area contributed by atoms with Gasteiger partial charge in [0.1, 0.15) is 5.82 Å². The molecule has 0 aromatic heterocycles. The first-order valence-corrected chi connectivity index (χ1v) is 4.47. The standard InChI is InChI=1S/C10H13FN2/c1-6-9-4-7(11)2-3-8(9)10(12)5-13-6/h2-4,6,10,13H,5,12H2,1H3. The number of fused-ring (bicyclic) bond motifs is 1. The normalized spacial score (nSPS) is 27.0. The Balaban J connectivity index is 2.50. The summed E-state index contributed by atoms with van der Waals surface area (Å²) in [5, 5.41) is 3.22. The van der Waals surface area contributed by atoms with E-state index in [1.165, 1.54) is 6.07 Å². The molecule has 0 amide bonds. The molecule has 1 aliphatic heterocycles. The maximum Gasteiger partial charge on any atom is 0.123 e. The molecule has 2 atom stereocenters. The van der Waals surface area contributed by atoms with Gasteiger partial charge in [0.05, 0.1) is 0 Å². The number of nitrogens with one attached hydrogen (secondary N) is 1. The summed E-state index contributed by atoms with van der Waals surface area (Å²) in [4.78, 5) is 0. The molecule has 1 heterocycles. The van der Waals surface area contributed by atoms with E-state index < -0.39 is 0 Å². The summed E-state index contributed by atoms with van der Waals surface area (Å²) in [5.41, 5.74) is 7.92. The van der Waals surface area contributed by atoms with Crippen molar-refractivity contribution in [2.45, 2.75) is 19.0 Å². The van der Waals surface area contributed by atoms with Crippen LogP contribution in [-0.4, -0.2) is 6.54 Å². The zero-order valence-corrected chi connectivity index (χ0v) is 7.55. The largest absolute Gasteiger partial charge is 0.323 e. The van der Waals surface area contributed by atoms with Crippen LogP contribution in [0.2, 0.25) is 0 Å². The highest BCUT2D eigenvalue weighted by atomic mass is 19.1. The number of nitrogens with two attached hydrogens (primary N) is 1. The maximum atomic E-state index is 12.9. The van der Waals surface area contributed by atoms with E-state index in [-0.39, 0.29) is 17.9 Å². The lowest BCUT2D eigenvalue weighted by Crippen LogP contribution is -2.35. The summed E-state index contributed by atoms with van der Waals surface area (Å²) in [6.45, 7) is 2.78. The van der Waals surface area contributed by atoms with E-state index in [1.54, 1.807) is 12.1 Å². The van der Waals surface area contributed by atoms with Crippen molar-refractivity contribution in [3.63, 3.8) is 0 Å². The Labute approximate surface area is 76.9 Å². The second-order valence-corrected chi connectivity index (χ2v) is 3.51. The molecule has 70 valence electrons. The first kappa shape index (κ1) is 8.66. The van der Waals surface area contributed by atoms with Crippen LogP contribution in [0.4, 0.5) is 4.39 Å². The van der Waals surface area contributed by atoms with Crippen molar-refractivity contribution in [1.29, 1.82) is 0 Å². The van der Waals surface area contributed by atoms with E-state index in [1.807, 2.05) is 6.92 Å². The minimum atomic E-state index is -0.193. The van der Waals surface area contributed by atoms with Crippen molar-refractivity contribution < 1.29 is 4.39 Å². The SMILES string of the molecule is CC1NCC(N)c2ccc(F)cc21. The molecule has 3 N–H and O–H groups in total. The molecule has 0 bridgehead atoms. The molecule has 0 saturated heterocycles. The first-order chi connectivity index (χ1) is 6.18. The highest BCUT2D eigenvalue weighted by Crippen LogP contribution is 2.27. The van der Waals surface area contributed by atoms with Gasteiger partial charge in [0, 0.05) is 18.6 Å². The van der Waals surface area contributed by atoms with E-state index in [0.717, 1.165) is 17.7 Å². The zero-order chi connectivity index (χ0) is 9.42. The van der Waals surface area contributed by atoms with E-state index in [2.05, 4.69) is 5.32 Å². The third-order valence-electron chi connectivity index (χ3n) is 2.56. The minimum absolute atomic E-state index is 0.00759. The molecule has 2 rings (SSSR count). The van der Waals surface area contributed by atoms with Gasteiger partial charge in [-0.2, -0.15) is 0 Å². The smallest absolute Gasteiger partial charge is 0.123 e. The summed E-state index contributed by atoms with van der Waals surface area (Å²) < 4.78 is 12.9. The summed E-state index contributed by atoms with van der Waals surface area (Å²) in [6, 6.07) is 5.01. The second-order valence-electron chi connectivity index (χ2n) is 3.51. The number of rotatable bonds is 0. The van der Waals surface area contributed by atoms with Crippen LogP contribution in [0.15, 0.2) is 18.2 Å². The van der Waals surface area contributed by atoms with Crippen molar-refractivity contribution in [2.75, 3.05) is 6.54 Å². The van der Waals surface area contributed by atoms with Crippen molar-refractivity contribution in [2.24, 2.45) is 5.73 Å². The highest BCUT2D eigenvalue weighted by Gasteiger charge is 2.21. The van der Waals surface area contributed by atoms with Gasteiger partial charge in [-0.15, -0.1) is 0 Å². The molecule has 2 unspecified atom stereocenters. The molecule has 13 heavy (non-hydrogen) atoms. The minimum Gasteiger partial charge on any atom is -0.323 e. The fraction of sp³-hybridized carbons (Fsp3) is 0.400. The van der Waals surface area contributed by atoms with Gasteiger partial charge in [0.25, 0.3) is 0 Å². The monoisotopic (exact) mass is 180 g/mol. The molecular weight excluding hydrogens is 167 g/mol. The van der Waals surface area contributed by atoms with Gasteiger partial charge in [0.15, 0.2) is 0 Å². The summed E-state index contributed by atoms with van der Waals surface area (Å²) in [5.74, 6) is -0.193. The lowest BCUT2D eigenvalue weighted by atomic mass is 9.92. The third-order valence-corrected chi connectivity index (χ3v) is 2.56. The van der Waals surface area contributed by atoms with E-state index in [4.69, 9.17) is 5.73 Å². The van der Waals surface area contributed by atoms with Crippen LogP contribution in [0.5, 0.6) is 0 Å². The van der Waals surface area contributed by atoms with Crippen LogP contribution in [-0.2, 0) is 0 Å². The number of hydrogen-bond donors (Lipinski definition) is 2. The summed E-state index contributed by atoms with van der Waals surface area (Å²) >= 11 is 0. The Morgan fingerprint density at radius 2 is 2.23 bits per heavy atom. The highest BCUT2D eigenvalue weighted by molar-refractivity contribution is 5.35. The van der Waals surface area contributed by atoms with E-state index in [9.17, 15) is 4.39 Å². The van der Waals surface area contributed by atoms with Gasteiger partial charge < -0.3 is 11.1 Å². The molecule has 2 nitrogen and oxygen atoms in total. The average molecular weight is 180 g/mol. The molecule has 0 spiro atoms. The zero-order valence-electron chi connectivity index (χ0n) is 7.55. The predicted octanol–water partition coefficient (Wildman–Crippen LogP) is 1.49. The molecule has 1 aromatic rings. The summed E-state index contributed by atoms with van der Waals surface area (Å²) in [6.07, 6.45) is 0. The van der Waals surface area contributed by atoms with Crippen molar-refractivity contribution in [1.82, 2.24) is 5.32 Å². The Morgan fingerprint density at radius 3 is 3.00 bits per heavy atom. The fourth-order valence-corrected chi connectivity index (χ4v) is 1.78. The molecule has 0 saturated carbocycles. The summed E-state index contributed by atoms with van der Waals surface area (Å²) in [7, 11) is 0. The third kappa shape index (κ3) is 1.45. The Morgan fingerprint density at radius 1 is 1.46 bits per heavy atom. The van der Waals surface area contributed by atoms with Crippen LogP contribution in [0.25, 0.3) is 0 Å². The van der Waals surface area contributed by atoms with Crippen LogP contribution < -0.4 is 11.1 Å². The fourth-order valence-electron chi connectivity index (χ4n) is 1.78. The lowest BCUT2D eigenvalue weighted by Gasteiger charge is -2.28. The van der Waals surface area contributed by atoms with E-state index in [0.29, 0.717) is 0 Å². The molecule has 1 aromatic carbocycles. The van der Waals surface area contributed by atoms with Crippen molar-refractivity contribution >= 4 is 0 Å². The van der Waals surface area contributed by atoms with Crippen LogP contribution in [0.3, 0.4) is 0 Å². The maximum absolute atomic E-state index is 12.9. The lowest BCUT2D eigenvalue weighted by molar-refractivity contribution is 0.480. The Bertz CT molecular complexity index is 325. The molecule has 0 aliphatic carbocycles. The van der Waals surface area contributed by atoms with Gasteiger partial charge in [-0.25, -0.2) is 4.39 Å². The van der Waals surface area contributed by atoms with Gasteiger partial charge in [-0.05, 0) is 30.2 Å². The second kappa shape index (κ2) is 3.09. The van der Waals surface area contributed by atoms with Crippen molar-refractivity contribution in [3.8, 4) is 0 Å². The van der Waals surface area contributed by atoms with Crippen LogP contribution >= 0.6 is 0 Å². The number of halogens is 1. The van der Waals surface area contributed by atoms with E-state index >= 15 is 0 Å². The first-order valence-electron chi connectivity index (χ1n) is 4.47. The van der Waals surface area contributed by atoms with Gasteiger partial charge in [-0.3, -0.25) is 0 Å². The number of hydrogen-bond acceptors (Lipinski definition) is 2. The van der Waals surface area contributed by atoms with Crippen molar-refractivity contribution in [3.05, 3.63) is 35.1 Å². The average Bonchev–Trinajstić information content (AvgIpc) is 2.12. The van der Waals surface area contributed by atoms with Gasteiger partial charge in [0.2, 0.25) is 0 Å². The van der Waals surface area contributed by atoms with Gasteiger partial charge in [-0.1, -0.05) is 6.07 Å². The van der Waals surface area contributed by atoms with Crippen LogP contribution in [0.1, 0.15) is 30.1 Å². The van der Waals surface area contributed by atoms with Crippen LogP contribution in [0, 0.1) is 5.82 Å². The predicted molar refractivity (Wildman–Crippen MR) is 49.7 cm³/mol. The molecule has 3 heteroatoms. The molecule has 0 radical (unpaired) electrons. The topological polar surface area (TPSA) is 38.0 Å². The number of benzene rings is 1.